The molecule has 1 aliphatic carbocycles. The van der Waals surface area contributed by atoms with E-state index in [1.54, 1.807) is 0 Å². The zero-order chi connectivity index (χ0) is 16.4. The number of benzene rings is 1. The van der Waals surface area contributed by atoms with Crippen molar-refractivity contribution in [1.29, 1.82) is 0 Å². The van der Waals surface area contributed by atoms with E-state index < -0.39 is 17.4 Å². The third-order valence-corrected chi connectivity index (χ3v) is 4.21. The van der Waals surface area contributed by atoms with E-state index in [1.165, 1.54) is 10.9 Å². The summed E-state index contributed by atoms with van der Waals surface area (Å²) in [5, 5.41) is 19.9. The normalized spacial score (nSPS) is 16.2. The molecule has 1 heterocycles. The number of aliphatic carboxylic acids is 1. The van der Waals surface area contributed by atoms with Crippen molar-refractivity contribution in [3.05, 3.63) is 41.7 Å². The van der Waals surface area contributed by atoms with Crippen molar-refractivity contribution in [3.8, 4) is 5.69 Å². The molecule has 120 valence electrons. The van der Waals surface area contributed by atoms with Gasteiger partial charge in [-0.25, -0.2) is 9.48 Å². The molecule has 1 fully saturated rings. The van der Waals surface area contributed by atoms with Crippen LogP contribution in [0, 0.1) is 6.92 Å². The average molecular weight is 314 g/mol. The van der Waals surface area contributed by atoms with Gasteiger partial charge < -0.3 is 10.4 Å². The van der Waals surface area contributed by atoms with Crippen LogP contribution in [0.4, 0.5) is 0 Å². The Balaban J connectivity index is 1.80. The molecule has 1 aliphatic rings. The summed E-state index contributed by atoms with van der Waals surface area (Å²) in [4.78, 5) is 23.8. The van der Waals surface area contributed by atoms with E-state index in [-0.39, 0.29) is 5.69 Å². The molecule has 1 amide bonds. The summed E-state index contributed by atoms with van der Waals surface area (Å²) < 4.78 is 1.50. The van der Waals surface area contributed by atoms with E-state index in [1.807, 2.05) is 31.2 Å². The Labute approximate surface area is 133 Å². The van der Waals surface area contributed by atoms with Crippen molar-refractivity contribution in [3.63, 3.8) is 0 Å². The number of nitrogens with one attached hydrogen (secondary N) is 1. The van der Waals surface area contributed by atoms with Gasteiger partial charge in [-0.2, -0.15) is 0 Å². The third kappa shape index (κ3) is 2.94. The van der Waals surface area contributed by atoms with Crippen LogP contribution in [-0.2, 0) is 4.79 Å². The first-order valence-corrected chi connectivity index (χ1v) is 7.55. The van der Waals surface area contributed by atoms with Crippen LogP contribution < -0.4 is 5.32 Å². The Hall–Kier alpha value is -2.70. The molecule has 0 saturated heterocycles. The van der Waals surface area contributed by atoms with Crippen molar-refractivity contribution < 1.29 is 14.7 Å². The number of carboxylic acids is 1. The van der Waals surface area contributed by atoms with Crippen LogP contribution in [0.5, 0.6) is 0 Å². The van der Waals surface area contributed by atoms with Crippen LogP contribution in [0.2, 0.25) is 0 Å². The number of amides is 1. The van der Waals surface area contributed by atoms with E-state index in [0.29, 0.717) is 12.8 Å². The standard InChI is InChI=1S/C16H18N4O3/c1-11-5-4-6-12(9-11)20-10-13(18-19-20)14(21)17-16(15(22)23)7-2-3-8-16/h4-6,9-10H,2-3,7-8H2,1H3,(H,17,21)(H,22,23). The van der Waals surface area contributed by atoms with Crippen LogP contribution in [0.25, 0.3) is 5.69 Å². The van der Waals surface area contributed by atoms with E-state index in [9.17, 15) is 14.7 Å². The van der Waals surface area contributed by atoms with Gasteiger partial charge in [-0.3, -0.25) is 4.79 Å². The summed E-state index contributed by atoms with van der Waals surface area (Å²) in [7, 11) is 0. The summed E-state index contributed by atoms with van der Waals surface area (Å²) in [6.07, 6.45) is 3.99. The van der Waals surface area contributed by atoms with Gasteiger partial charge in [0.05, 0.1) is 11.9 Å². The highest BCUT2D eigenvalue weighted by atomic mass is 16.4. The van der Waals surface area contributed by atoms with Crippen LogP contribution in [0.3, 0.4) is 0 Å². The first-order valence-electron chi connectivity index (χ1n) is 7.55. The predicted octanol–water partition coefficient (Wildman–Crippen LogP) is 1.70. The maximum atomic E-state index is 12.3. The lowest BCUT2D eigenvalue weighted by molar-refractivity contribution is -0.144. The van der Waals surface area contributed by atoms with Crippen molar-refractivity contribution in [2.75, 3.05) is 0 Å². The topological polar surface area (TPSA) is 97.1 Å². The molecular weight excluding hydrogens is 296 g/mol. The maximum Gasteiger partial charge on any atom is 0.329 e. The second-order valence-corrected chi connectivity index (χ2v) is 5.94. The highest BCUT2D eigenvalue weighted by molar-refractivity contribution is 5.96. The zero-order valence-electron chi connectivity index (χ0n) is 12.8. The Morgan fingerprint density at radius 2 is 2.04 bits per heavy atom. The highest BCUT2D eigenvalue weighted by Gasteiger charge is 2.43. The molecule has 1 aromatic carbocycles. The number of rotatable bonds is 4. The molecule has 7 heteroatoms. The molecule has 0 unspecified atom stereocenters. The first-order chi connectivity index (χ1) is 11.0. The van der Waals surface area contributed by atoms with Gasteiger partial charge in [0.15, 0.2) is 5.69 Å². The van der Waals surface area contributed by atoms with Crippen molar-refractivity contribution in [2.45, 2.75) is 38.1 Å². The number of carbonyl (C=O) groups excluding carboxylic acids is 1. The second kappa shape index (κ2) is 5.83. The molecule has 0 aliphatic heterocycles. The molecule has 0 spiro atoms. The summed E-state index contributed by atoms with van der Waals surface area (Å²) in [5.74, 6) is -1.50. The fourth-order valence-corrected chi connectivity index (χ4v) is 2.92. The number of nitrogens with zero attached hydrogens (tertiary/aromatic N) is 3. The second-order valence-electron chi connectivity index (χ2n) is 5.94. The molecular formula is C16H18N4O3. The predicted molar refractivity (Wildman–Crippen MR) is 82.4 cm³/mol. The van der Waals surface area contributed by atoms with Crippen LogP contribution in [0.1, 0.15) is 41.7 Å². The van der Waals surface area contributed by atoms with E-state index >= 15 is 0 Å². The molecule has 2 aromatic rings. The number of hydrogen-bond acceptors (Lipinski definition) is 4. The van der Waals surface area contributed by atoms with Crippen molar-refractivity contribution in [1.82, 2.24) is 20.3 Å². The van der Waals surface area contributed by atoms with Crippen LogP contribution in [0.15, 0.2) is 30.5 Å². The lowest BCUT2D eigenvalue weighted by Gasteiger charge is -2.24. The summed E-state index contributed by atoms with van der Waals surface area (Å²) in [6, 6.07) is 7.64. The lowest BCUT2D eigenvalue weighted by atomic mass is 9.98. The third-order valence-electron chi connectivity index (χ3n) is 4.21. The molecule has 1 aromatic heterocycles. The minimum absolute atomic E-state index is 0.110. The van der Waals surface area contributed by atoms with Crippen molar-refractivity contribution >= 4 is 11.9 Å². The first kappa shape index (κ1) is 15.2. The van der Waals surface area contributed by atoms with Gasteiger partial charge in [0.1, 0.15) is 5.54 Å². The monoisotopic (exact) mass is 314 g/mol. The molecule has 3 rings (SSSR count). The Kier molecular flexibility index (Phi) is 3.85. The smallest absolute Gasteiger partial charge is 0.329 e. The Bertz CT molecular complexity index is 747. The van der Waals surface area contributed by atoms with Crippen LogP contribution >= 0.6 is 0 Å². The van der Waals surface area contributed by atoms with Gasteiger partial charge in [0, 0.05) is 0 Å². The number of carboxylic acid groups (broad SMARTS) is 1. The van der Waals surface area contributed by atoms with Gasteiger partial charge in [0.2, 0.25) is 0 Å². The molecule has 0 bridgehead atoms. The molecule has 23 heavy (non-hydrogen) atoms. The molecule has 0 radical (unpaired) electrons. The van der Waals surface area contributed by atoms with E-state index in [0.717, 1.165) is 24.1 Å². The molecule has 7 nitrogen and oxygen atoms in total. The summed E-state index contributed by atoms with van der Waals surface area (Å²) in [5.41, 5.74) is 0.800. The molecule has 1 saturated carbocycles. The van der Waals surface area contributed by atoms with Gasteiger partial charge in [-0.15, -0.1) is 5.10 Å². The average Bonchev–Trinajstić information content (AvgIpc) is 3.17. The quantitative estimate of drug-likeness (QED) is 0.895. The van der Waals surface area contributed by atoms with Gasteiger partial charge >= 0.3 is 5.97 Å². The van der Waals surface area contributed by atoms with Gasteiger partial charge in [0.25, 0.3) is 5.91 Å². The fourth-order valence-electron chi connectivity index (χ4n) is 2.92. The summed E-state index contributed by atoms with van der Waals surface area (Å²) in [6.45, 7) is 1.96. The highest BCUT2D eigenvalue weighted by Crippen LogP contribution is 2.30. The minimum Gasteiger partial charge on any atom is -0.480 e. The number of aromatic nitrogens is 3. The van der Waals surface area contributed by atoms with Gasteiger partial charge in [-0.05, 0) is 37.5 Å². The molecule has 0 atom stereocenters. The minimum atomic E-state index is -1.18. The Morgan fingerprint density at radius 3 is 2.70 bits per heavy atom. The SMILES string of the molecule is Cc1cccc(-n2cc(C(=O)NC3(C(=O)O)CCCC3)nn2)c1. The summed E-state index contributed by atoms with van der Waals surface area (Å²) >= 11 is 0. The fraction of sp³-hybridized carbons (Fsp3) is 0.375. The van der Waals surface area contributed by atoms with Crippen molar-refractivity contribution in [2.24, 2.45) is 0 Å². The Morgan fingerprint density at radius 1 is 1.30 bits per heavy atom. The number of hydrogen-bond donors (Lipinski definition) is 2. The van der Waals surface area contributed by atoms with Crippen LogP contribution in [-0.4, -0.2) is 37.5 Å². The van der Waals surface area contributed by atoms with E-state index in [2.05, 4.69) is 15.6 Å². The largest absolute Gasteiger partial charge is 0.480 e. The van der Waals surface area contributed by atoms with E-state index in [4.69, 9.17) is 0 Å². The maximum absolute atomic E-state index is 12.3. The molecule has 2 N–H and O–H groups in total. The number of aryl methyl sites for hydroxylation is 1. The van der Waals surface area contributed by atoms with Gasteiger partial charge in [-0.1, -0.05) is 30.2 Å². The zero-order valence-corrected chi connectivity index (χ0v) is 12.8. The number of carbonyl (C=O) groups is 2. The lowest BCUT2D eigenvalue weighted by Crippen LogP contribution is -2.52.